The van der Waals surface area contributed by atoms with Crippen LogP contribution in [0.5, 0.6) is 0 Å². The quantitative estimate of drug-likeness (QED) is 0.492. The fraction of sp³-hybridized carbons (Fsp3) is 0.429. The van der Waals surface area contributed by atoms with Gasteiger partial charge in [-0.3, -0.25) is 0 Å². The van der Waals surface area contributed by atoms with Gasteiger partial charge in [0.05, 0.1) is 12.6 Å². The summed E-state index contributed by atoms with van der Waals surface area (Å²) in [5.41, 5.74) is 0.704. The van der Waals surface area contributed by atoms with Crippen molar-refractivity contribution in [3.05, 3.63) is 23.6 Å². The minimum absolute atomic E-state index is 0.0321. The Morgan fingerprint density at radius 3 is 2.90 bits per heavy atom. The van der Waals surface area contributed by atoms with Gasteiger partial charge in [-0.15, -0.1) is 0 Å². The fourth-order valence-electron chi connectivity index (χ4n) is 0.765. The molecule has 3 N–H and O–H groups in total. The van der Waals surface area contributed by atoms with Crippen molar-refractivity contribution in [2.75, 3.05) is 6.61 Å². The van der Waals surface area contributed by atoms with Crippen LogP contribution in [0.1, 0.15) is 6.92 Å². The number of hydrogen-bond acceptors (Lipinski definition) is 3. The monoisotopic (exact) mass is 141 g/mol. The van der Waals surface area contributed by atoms with E-state index in [-0.39, 0.29) is 18.4 Å². The predicted octanol–water partition coefficient (Wildman–Crippen LogP) is 0.296. The Morgan fingerprint density at radius 1 is 1.70 bits per heavy atom. The van der Waals surface area contributed by atoms with Gasteiger partial charge in [0, 0.05) is 6.20 Å². The molecule has 3 nitrogen and oxygen atoms in total. The van der Waals surface area contributed by atoms with E-state index in [0.29, 0.717) is 5.57 Å². The van der Waals surface area contributed by atoms with E-state index >= 15 is 0 Å². The number of aliphatic hydroxyl groups excluding tert-OH is 2. The van der Waals surface area contributed by atoms with E-state index in [4.69, 9.17) is 10.2 Å². The SMILES string of the molecule is CC1NC=C(CO)C=C1O. The van der Waals surface area contributed by atoms with E-state index in [2.05, 4.69) is 5.32 Å². The third kappa shape index (κ3) is 1.30. The third-order valence-corrected chi connectivity index (χ3v) is 1.48. The molecule has 0 aromatic carbocycles. The molecule has 0 saturated carbocycles. The molecule has 1 rings (SSSR count). The topological polar surface area (TPSA) is 52.5 Å². The summed E-state index contributed by atoms with van der Waals surface area (Å²) in [7, 11) is 0. The van der Waals surface area contributed by atoms with Crippen molar-refractivity contribution in [1.82, 2.24) is 5.32 Å². The zero-order valence-corrected chi connectivity index (χ0v) is 5.83. The van der Waals surface area contributed by atoms with Crippen LogP contribution in [0.4, 0.5) is 0 Å². The fourth-order valence-corrected chi connectivity index (χ4v) is 0.765. The Balaban J connectivity index is 2.69. The van der Waals surface area contributed by atoms with Crippen LogP contribution >= 0.6 is 0 Å². The van der Waals surface area contributed by atoms with Gasteiger partial charge in [0.25, 0.3) is 0 Å². The highest BCUT2D eigenvalue weighted by atomic mass is 16.3. The second-order valence-electron chi connectivity index (χ2n) is 2.33. The molecular weight excluding hydrogens is 130 g/mol. The molecule has 0 amide bonds. The maximum atomic E-state index is 9.13. The zero-order chi connectivity index (χ0) is 7.56. The molecule has 0 saturated heterocycles. The van der Waals surface area contributed by atoms with Gasteiger partial charge in [-0.05, 0) is 18.6 Å². The van der Waals surface area contributed by atoms with Crippen LogP contribution in [0.3, 0.4) is 0 Å². The Kier molecular flexibility index (Phi) is 1.97. The van der Waals surface area contributed by atoms with E-state index in [1.165, 1.54) is 0 Å². The van der Waals surface area contributed by atoms with Crippen molar-refractivity contribution in [1.29, 1.82) is 0 Å². The van der Waals surface area contributed by atoms with Crippen molar-refractivity contribution in [3.63, 3.8) is 0 Å². The standard InChI is InChI=1S/C7H11NO2/c1-5-7(10)2-6(4-9)3-8-5/h2-3,5,8-10H,4H2,1H3. The van der Waals surface area contributed by atoms with E-state index < -0.39 is 0 Å². The highest BCUT2D eigenvalue weighted by Gasteiger charge is 2.09. The third-order valence-electron chi connectivity index (χ3n) is 1.48. The van der Waals surface area contributed by atoms with Gasteiger partial charge in [-0.25, -0.2) is 0 Å². The predicted molar refractivity (Wildman–Crippen MR) is 38.5 cm³/mol. The molecule has 1 heterocycles. The lowest BCUT2D eigenvalue weighted by Crippen LogP contribution is -2.26. The highest BCUT2D eigenvalue weighted by Crippen LogP contribution is 2.08. The van der Waals surface area contributed by atoms with Crippen LogP contribution in [0.2, 0.25) is 0 Å². The number of aliphatic hydroxyl groups is 2. The number of nitrogens with one attached hydrogen (secondary N) is 1. The summed E-state index contributed by atoms with van der Waals surface area (Å²) in [6, 6.07) is -0.0321. The molecule has 0 aliphatic carbocycles. The lowest BCUT2D eigenvalue weighted by Gasteiger charge is -2.16. The lowest BCUT2D eigenvalue weighted by molar-refractivity contribution is 0.322. The van der Waals surface area contributed by atoms with Crippen molar-refractivity contribution >= 4 is 0 Å². The first-order valence-corrected chi connectivity index (χ1v) is 3.20. The molecule has 0 aromatic heterocycles. The van der Waals surface area contributed by atoms with Crippen molar-refractivity contribution in [2.24, 2.45) is 0 Å². The first-order chi connectivity index (χ1) is 4.74. The molecule has 56 valence electrons. The minimum atomic E-state index is -0.0379. The molecule has 3 heteroatoms. The Bertz CT molecular complexity index is 184. The minimum Gasteiger partial charge on any atom is -0.510 e. The number of dihydropyridines is 1. The molecule has 0 spiro atoms. The molecular formula is C7H11NO2. The average molecular weight is 141 g/mol. The summed E-state index contributed by atoms with van der Waals surface area (Å²) < 4.78 is 0. The maximum Gasteiger partial charge on any atom is 0.115 e. The van der Waals surface area contributed by atoms with E-state index in [9.17, 15) is 0 Å². The van der Waals surface area contributed by atoms with Gasteiger partial charge in [-0.1, -0.05) is 0 Å². The largest absolute Gasteiger partial charge is 0.510 e. The smallest absolute Gasteiger partial charge is 0.115 e. The zero-order valence-electron chi connectivity index (χ0n) is 5.83. The molecule has 1 aliphatic heterocycles. The molecule has 1 unspecified atom stereocenters. The number of hydrogen-bond donors (Lipinski definition) is 3. The second-order valence-corrected chi connectivity index (χ2v) is 2.33. The normalized spacial score (nSPS) is 24.8. The Morgan fingerprint density at radius 2 is 2.40 bits per heavy atom. The van der Waals surface area contributed by atoms with Gasteiger partial charge in [-0.2, -0.15) is 0 Å². The first-order valence-electron chi connectivity index (χ1n) is 3.20. The van der Waals surface area contributed by atoms with Crippen molar-refractivity contribution in [3.8, 4) is 0 Å². The molecule has 0 fully saturated rings. The van der Waals surface area contributed by atoms with Gasteiger partial charge in [0.15, 0.2) is 0 Å². The van der Waals surface area contributed by atoms with E-state index in [1.807, 2.05) is 6.92 Å². The lowest BCUT2D eigenvalue weighted by atomic mass is 10.1. The van der Waals surface area contributed by atoms with Crippen LogP contribution in [-0.2, 0) is 0 Å². The summed E-state index contributed by atoms with van der Waals surface area (Å²) >= 11 is 0. The first kappa shape index (κ1) is 7.15. The average Bonchev–Trinajstić information content (AvgIpc) is 1.95. The molecule has 0 bridgehead atoms. The van der Waals surface area contributed by atoms with Gasteiger partial charge < -0.3 is 15.5 Å². The summed E-state index contributed by atoms with van der Waals surface area (Å²) in [6.07, 6.45) is 3.27. The molecule has 1 atom stereocenters. The molecule has 0 radical (unpaired) electrons. The van der Waals surface area contributed by atoms with E-state index in [0.717, 1.165) is 0 Å². The molecule has 10 heavy (non-hydrogen) atoms. The van der Waals surface area contributed by atoms with Gasteiger partial charge in [0.2, 0.25) is 0 Å². The Labute approximate surface area is 59.7 Å². The Hall–Kier alpha value is -0.960. The van der Waals surface area contributed by atoms with Crippen LogP contribution in [0, 0.1) is 0 Å². The van der Waals surface area contributed by atoms with Crippen molar-refractivity contribution < 1.29 is 10.2 Å². The summed E-state index contributed by atoms with van der Waals surface area (Å²) in [4.78, 5) is 0. The molecule has 0 aromatic rings. The van der Waals surface area contributed by atoms with Crippen LogP contribution in [0.25, 0.3) is 0 Å². The maximum absolute atomic E-state index is 9.13. The highest BCUT2D eigenvalue weighted by molar-refractivity contribution is 5.26. The summed E-state index contributed by atoms with van der Waals surface area (Å²) in [6.45, 7) is 1.81. The van der Waals surface area contributed by atoms with Crippen LogP contribution in [-0.4, -0.2) is 22.9 Å². The van der Waals surface area contributed by atoms with Crippen LogP contribution in [0.15, 0.2) is 23.6 Å². The van der Waals surface area contributed by atoms with Crippen LogP contribution < -0.4 is 5.32 Å². The molecule has 1 aliphatic rings. The van der Waals surface area contributed by atoms with Crippen molar-refractivity contribution in [2.45, 2.75) is 13.0 Å². The van der Waals surface area contributed by atoms with E-state index in [1.54, 1.807) is 12.3 Å². The number of rotatable bonds is 1. The second kappa shape index (κ2) is 2.75. The summed E-state index contributed by atoms with van der Waals surface area (Å²) in [5.74, 6) is 0.270. The van der Waals surface area contributed by atoms with Gasteiger partial charge in [0.1, 0.15) is 5.76 Å². The summed E-state index contributed by atoms with van der Waals surface area (Å²) in [5, 5.41) is 20.6. The van der Waals surface area contributed by atoms with Gasteiger partial charge >= 0.3 is 0 Å².